The standard InChI is InChI=1S/C12H18F2N2/c1-16(2)8-7-15-6-5-10-3-4-11(13)9-12(10)14/h3-4,9,15H,5-8H2,1-2H3. The maximum absolute atomic E-state index is 13.2. The minimum atomic E-state index is -0.526. The summed E-state index contributed by atoms with van der Waals surface area (Å²) in [4.78, 5) is 2.07. The van der Waals surface area contributed by atoms with Crippen molar-refractivity contribution in [2.75, 3.05) is 33.7 Å². The molecule has 0 saturated carbocycles. The van der Waals surface area contributed by atoms with Crippen molar-refractivity contribution in [3.05, 3.63) is 35.4 Å². The van der Waals surface area contributed by atoms with E-state index < -0.39 is 11.6 Å². The number of hydrogen-bond donors (Lipinski definition) is 1. The van der Waals surface area contributed by atoms with E-state index in [-0.39, 0.29) is 0 Å². The van der Waals surface area contributed by atoms with Crippen LogP contribution in [0.25, 0.3) is 0 Å². The average molecular weight is 228 g/mol. The SMILES string of the molecule is CN(C)CCNCCc1ccc(F)cc1F. The van der Waals surface area contributed by atoms with Gasteiger partial charge in [-0.2, -0.15) is 0 Å². The van der Waals surface area contributed by atoms with E-state index in [1.54, 1.807) is 0 Å². The van der Waals surface area contributed by atoms with Gasteiger partial charge in [-0.25, -0.2) is 8.78 Å². The molecule has 0 aromatic heterocycles. The monoisotopic (exact) mass is 228 g/mol. The summed E-state index contributed by atoms with van der Waals surface area (Å²) in [7, 11) is 4.00. The van der Waals surface area contributed by atoms with Gasteiger partial charge in [-0.1, -0.05) is 6.07 Å². The molecule has 1 aromatic carbocycles. The quantitative estimate of drug-likeness (QED) is 0.745. The van der Waals surface area contributed by atoms with Gasteiger partial charge in [0.15, 0.2) is 0 Å². The second-order valence-corrected chi connectivity index (χ2v) is 4.04. The first kappa shape index (κ1) is 13.1. The van der Waals surface area contributed by atoms with E-state index >= 15 is 0 Å². The lowest BCUT2D eigenvalue weighted by Gasteiger charge is -2.10. The molecule has 90 valence electrons. The van der Waals surface area contributed by atoms with Crippen LogP contribution < -0.4 is 5.32 Å². The molecule has 0 radical (unpaired) electrons. The first-order chi connectivity index (χ1) is 7.59. The first-order valence-corrected chi connectivity index (χ1v) is 5.39. The molecule has 0 heterocycles. The molecule has 0 fully saturated rings. The molecular formula is C12H18F2N2. The Bertz CT molecular complexity index is 327. The molecule has 1 N–H and O–H groups in total. The highest BCUT2D eigenvalue weighted by molar-refractivity contribution is 5.18. The smallest absolute Gasteiger partial charge is 0.129 e. The summed E-state index contributed by atoms with van der Waals surface area (Å²) in [6.45, 7) is 2.53. The molecule has 0 amide bonds. The highest BCUT2D eigenvalue weighted by Crippen LogP contribution is 2.09. The number of benzene rings is 1. The van der Waals surface area contributed by atoms with E-state index in [1.807, 2.05) is 14.1 Å². The summed E-state index contributed by atoms with van der Waals surface area (Å²) in [6, 6.07) is 3.71. The van der Waals surface area contributed by atoms with Crippen molar-refractivity contribution in [3.63, 3.8) is 0 Å². The average Bonchev–Trinajstić information content (AvgIpc) is 2.20. The second kappa shape index (κ2) is 6.55. The summed E-state index contributed by atoms with van der Waals surface area (Å²) < 4.78 is 25.8. The zero-order valence-electron chi connectivity index (χ0n) is 9.76. The predicted octanol–water partition coefficient (Wildman–Crippen LogP) is 1.66. The Kier molecular flexibility index (Phi) is 5.35. The van der Waals surface area contributed by atoms with Crippen LogP contribution in [0.5, 0.6) is 0 Å². The first-order valence-electron chi connectivity index (χ1n) is 5.39. The van der Waals surface area contributed by atoms with Gasteiger partial charge in [0.1, 0.15) is 11.6 Å². The van der Waals surface area contributed by atoms with Crippen LogP contribution in [-0.4, -0.2) is 38.6 Å². The van der Waals surface area contributed by atoms with Gasteiger partial charge in [-0.05, 0) is 38.7 Å². The number of rotatable bonds is 6. The van der Waals surface area contributed by atoms with Crippen LogP contribution in [0.1, 0.15) is 5.56 Å². The summed E-state index contributed by atoms with van der Waals surface area (Å²) in [5, 5.41) is 3.20. The van der Waals surface area contributed by atoms with Gasteiger partial charge >= 0.3 is 0 Å². The van der Waals surface area contributed by atoms with Crippen molar-refractivity contribution in [1.82, 2.24) is 10.2 Å². The van der Waals surface area contributed by atoms with Gasteiger partial charge < -0.3 is 10.2 Å². The Morgan fingerprint density at radius 3 is 2.56 bits per heavy atom. The fourth-order valence-electron chi connectivity index (χ4n) is 1.38. The molecule has 0 atom stereocenters. The van der Waals surface area contributed by atoms with Crippen molar-refractivity contribution in [3.8, 4) is 0 Å². The largest absolute Gasteiger partial charge is 0.315 e. The van der Waals surface area contributed by atoms with Gasteiger partial charge in [0.25, 0.3) is 0 Å². The number of likely N-dealkylation sites (N-methyl/N-ethyl adjacent to an activating group) is 1. The summed E-state index contributed by atoms with van der Waals surface area (Å²) in [5.74, 6) is -0.990. The van der Waals surface area contributed by atoms with Crippen LogP contribution in [0.3, 0.4) is 0 Å². The van der Waals surface area contributed by atoms with Crippen molar-refractivity contribution < 1.29 is 8.78 Å². The molecule has 1 aromatic rings. The van der Waals surface area contributed by atoms with Gasteiger partial charge in [0.05, 0.1) is 0 Å². The Morgan fingerprint density at radius 1 is 1.19 bits per heavy atom. The number of nitrogens with zero attached hydrogens (tertiary/aromatic N) is 1. The maximum atomic E-state index is 13.2. The fraction of sp³-hybridized carbons (Fsp3) is 0.500. The van der Waals surface area contributed by atoms with Crippen LogP contribution in [0.4, 0.5) is 8.78 Å². The molecule has 16 heavy (non-hydrogen) atoms. The zero-order valence-corrected chi connectivity index (χ0v) is 9.76. The normalized spacial score (nSPS) is 11.1. The molecule has 0 saturated heterocycles. The van der Waals surface area contributed by atoms with E-state index in [0.29, 0.717) is 18.5 Å². The third-order valence-corrected chi connectivity index (χ3v) is 2.32. The molecule has 0 aliphatic carbocycles. The zero-order chi connectivity index (χ0) is 12.0. The van der Waals surface area contributed by atoms with Crippen LogP contribution in [0.15, 0.2) is 18.2 Å². The van der Waals surface area contributed by atoms with Crippen molar-refractivity contribution in [2.24, 2.45) is 0 Å². The Balaban J connectivity index is 2.27. The molecule has 0 aliphatic heterocycles. The van der Waals surface area contributed by atoms with Crippen LogP contribution in [-0.2, 0) is 6.42 Å². The number of hydrogen-bond acceptors (Lipinski definition) is 2. The van der Waals surface area contributed by atoms with Crippen molar-refractivity contribution >= 4 is 0 Å². The molecule has 1 rings (SSSR count). The van der Waals surface area contributed by atoms with Crippen LogP contribution in [0, 0.1) is 11.6 Å². The Labute approximate surface area is 95.3 Å². The lowest BCUT2D eigenvalue weighted by Crippen LogP contribution is -2.28. The number of nitrogens with one attached hydrogen (secondary N) is 1. The van der Waals surface area contributed by atoms with E-state index in [4.69, 9.17) is 0 Å². The minimum absolute atomic E-state index is 0.464. The third kappa shape index (κ3) is 4.68. The molecule has 2 nitrogen and oxygen atoms in total. The van der Waals surface area contributed by atoms with Crippen molar-refractivity contribution in [2.45, 2.75) is 6.42 Å². The highest BCUT2D eigenvalue weighted by atomic mass is 19.1. The molecular weight excluding hydrogens is 210 g/mol. The molecule has 0 aliphatic rings. The minimum Gasteiger partial charge on any atom is -0.315 e. The van der Waals surface area contributed by atoms with Gasteiger partial charge in [0, 0.05) is 19.2 Å². The Hall–Kier alpha value is -1.00. The Morgan fingerprint density at radius 2 is 1.94 bits per heavy atom. The second-order valence-electron chi connectivity index (χ2n) is 4.04. The summed E-state index contributed by atoms with van der Waals surface area (Å²) in [6.07, 6.45) is 0.583. The van der Waals surface area contributed by atoms with Crippen LogP contribution in [0.2, 0.25) is 0 Å². The summed E-state index contributed by atoms with van der Waals surface area (Å²) >= 11 is 0. The summed E-state index contributed by atoms with van der Waals surface area (Å²) in [5.41, 5.74) is 0.554. The molecule has 0 bridgehead atoms. The van der Waals surface area contributed by atoms with Crippen molar-refractivity contribution in [1.29, 1.82) is 0 Å². The molecule has 0 spiro atoms. The van der Waals surface area contributed by atoms with E-state index in [1.165, 1.54) is 12.1 Å². The van der Waals surface area contributed by atoms with Gasteiger partial charge in [0.2, 0.25) is 0 Å². The van der Waals surface area contributed by atoms with E-state index in [0.717, 1.165) is 19.2 Å². The van der Waals surface area contributed by atoms with Gasteiger partial charge in [-0.3, -0.25) is 0 Å². The van der Waals surface area contributed by atoms with Gasteiger partial charge in [-0.15, -0.1) is 0 Å². The molecule has 0 unspecified atom stereocenters. The lowest BCUT2D eigenvalue weighted by molar-refractivity contribution is 0.400. The van der Waals surface area contributed by atoms with E-state index in [2.05, 4.69) is 10.2 Å². The highest BCUT2D eigenvalue weighted by Gasteiger charge is 2.02. The molecule has 4 heteroatoms. The maximum Gasteiger partial charge on any atom is 0.129 e. The lowest BCUT2D eigenvalue weighted by atomic mass is 10.1. The van der Waals surface area contributed by atoms with E-state index in [9.17, 15) is 8.78 Å². The van der Waals surface area contributed by atoms with Crippen LogP contribution >= 0.6 is 0 Å². The third-order valence-electron chi connectivity index (χ3n) is 2.32. The number of halogens is 2. The topological polar surface area (TPSA) is 15.3 Å². The predicted molar refractivity (Wildman–Crippen MR) is 61.5 cm³/mol. The fourth-order valence-corrected chi connectivity index (χ4v) is 1.38.